The third-order valence-corrected chi connectivity index (χ3v) is 3.64. The zero-order valence-corrected chi connectivity index (χ0v) is 12.6. The number of nitrogens with one attached hydrogen (secondary N) is 2. The van der Waals surface area contributed by atoms with E-state index in [1.165, 1.54) is 6.20 Å². The quantitative estimate of drug-likeness (QED) is 0.714. The monoisotopic (exact) mass is 293 g/mol. The number of anilines is 1. The van der Waals surface area contributed by atoms with Crippen LogP contribution in [0.5, 0.6) is 5.88 Å². The minimum Gasteiger partial charge on any atom is -0.477 e. The first-order valence-corrected chi connectivity index (χ1v) is 7.45. The molecule has 0 aromatic carbocycles. The predicted octanol–water partition coefficient (Wildman–Crippen LogP) is 0.718. The van der Waals surface area contributed by atoms with E-state index in [0.717, 1.165) is 25.8 Å². The fourth-order valence-electron chi connectivity index (χ4n) is 2.57. The molecule has 7 heteroatoms. The summed E-state index contributed by atoms with van der Waals surface area (Å²) < 4.78 is 5.37. The number of ether oxygens (including phenoxy) is 1. The van der Waals surface area contributed by atoms with Crippen molar-refractivity contribution in [1.82, 2.24) is 20.6 Å². The molecule has 1 aromatic rings. The molecule has 0 aliphatic carbocycles. The molecule has 0 spiro atoms. The number of carbonyl (C=O) groups is 1. The van der Waals surface area contributed by atoms with Crippen molar-refractivity contribution in [3.8, 4) is 5.88 Å². The smallest absolute Gasteiger partial charge is 0.258 e. The molecule has 1 aromatic heterocycles. The SMILES string of the molecule is CCOc1nc(N)ncc1C(=O)NC(CC)C1CCCN1. The van der Waals surface area contributed by atoms with Gasteiger partial charge >= 0.3 is 0 Å². The average molecular weight is 293 g/mol. The summed E-state index contributed by atoms with van der Waals surface area (Å²) >= 11 is 0. The number of amides is 1. The van der Waals surface area contributed by atoms with Crippen LogP contribution >= 0.6 is 0 Å². The lowest BCUT2D eigenvalue weighted by Gasteiger charge is -2.24. The maximum Gasteiger partial charge on any atom is 0.258 e. The van der Waals surface area contributed by atoms with E-state index in [1.807, 2.05) is 6.92 Å². The van der Waals surface area contributed by atoms with Crippen molar-refractivity contribution in [2.24, 2.45) is 0 Å². The topological polar surface area (TPSA) is 102 Å². The number of nitrogen functional groups attached to an aromatic ring is 1. The number of carbonyl (C=O) groups excluding carboxylic acids is 1. The highest BCUT2D eigenvalue weighted by atomic mass is 16.5. The molecule has 1 aliphatic heterocycles. The Morgan fingerprint density at radius 2 is 2.43 bits per heavy atom. The van der Waals surface area contributed by atoms with E-state index in [2.05, 4.69) is 27.5 Å². The van der Waals surface area contributed by atoms with Crippen LogP contribution in [-0.2, 0) is 0 Å². The summed E-state index contributed by atoms with van der Waals surface area (Å²) in [6, 6.07) is 0.413. The molecule has 7 nitrogen and oxygen atoms in total. The van der Waals surface area contributed by atoms with Crippen molar-refractivity contribution in [3.05, 3.63) is 11.8 Å². The van der Waals surface area contributed by atoms with Gasteiger partial charge in [0.15, 0.2) is 0 Å². The van der Waals surface area contributed by atoms with Gasteiger partial charge in [0.2, 0.25) is 11.8 Å². The van der Waals surface area contributed by atoms with Gasteiger partial charge in [-0.2, -0.15) is 4.98 Å². The second-order valence-electron chi connectivity index (χ2n) is 5.07. The van der Waals surface area contributed by atoms with Gasteiger partial charge in [-0.25, -0.2) is 4.98 Å². The van der Waals surface area contributed by atoms with Gasteiger partial charge in [-0.3, -0.25) is 4.79 Å². The highest BCUT2D eigenvalue weighted by molar-refractivity contribution is 5.96. The van der Waals surface area contributed by atoms with E-state index in [4.69, 9.17) is 10.5 Å². The lowest BCUT2D eigenvalue weighted by molar-refractivity contribution is 0.0922. The lowest BCUT2D eigenvalue weighted by Crippen LogP contribution is -2.47. The minimum absolute atomic E-state index is 0.0898. The second-order valence-corrected chi connectivity index (χ2v) is 5.07. The van der Waals surface area contributed by atoms with Crippen molar-refractivity contribution < 1.29 is 9.53 Å². The largest absolute Gasteiger partial charge is 0.477 e. The van der Waals surface area contributed by atoms with E-state index in [0.29, 0.717) is 18.2 Å². The zero-order chi connectivity index (χ0) is 15.2. The standard InChI is InChI=1S/C14H23N5O2/c1-3-10(11-6-5-7-16-11)18-12(20)9-8-17-14(15)19-13(9)21-4-2/h8,10-11,16H,3-7H2,1-2H3,(H,18,20)(H2,15,17,19). The van der Waals surface area contributed by atoms with E-state index in [9.17, 15) is 4.79 Å². The maximum absolute atomic E-state index is 12.4. The van der Waals surface area contributed by atoms with E-state index >= 15 is 0 Å². The molecule has 2 rings (SSSR count). The highest BCUT2D eigenvalue weighted by Gasteiger charge is 2.26. The molecule has 1 amide bonds. The van der Waals surface area contributed by atoms with Crippen LogP contribution in [0.3, 0.4) is 0 Å². The van der Waals surface area contributed by atoms with Gasteiger partial charge in [0.05, 0.1) is 6.61 Å². The van der Waals surface area contributed by atoms with Gasteiger partial charge in [-0.05, 0) is 32.7 Å². The van der Waals surface area contributed by atoms with E-state index in [-0.39, 0.29) is 23.8 Å². The summed E-state index contributed by atoms with van der Waals surface area (Å²) in [5.41, 5.74) is 5.86. The molecule has 0 bridgehead atoms. The summed E-state index contributed by atoms with van der Waals surface area (Å²) in [6.07, 6.45) is 4.50. The molecular weight excluding hydrogens is 270 g/mol. The normalized spacial score (nSPS) is 19.2. The van der Waals surface area contributed by atoms with E-state index in [1.54, 1.807) is 0 Å². The number of rotatable bonds is 6. The number of nitrogens with two attached hydrogens (primary N) is 1. The molecule has 0 radical (unpaired) electrons. The summed E-state index contributed by atoms with van der Waals surface area (Å²) in [7, 11) is 0. The molecule has 4 N–H and O–H groups in total. The Kier molecular flexibility index (Phi) is 5.32. The van der Waals surface area contributed by atoms with Crippen molar-refractivity contribution in [2.45, 2.75) is 45.2 Å². The molecular formula is C14H23N5O2. The first kappa shape index (κ1) is 15.5. The Balaban J connectivity index is 2.11. The molecule has 1 aliphatic rings. The van der Waals surface area contributed by atoms with Crippen LogP contribution in [0.1, 0.15) is 43.5 Å². The van der Waals surface area contributed by atoms with Crippen LogP contribution in [0.15, 0.2) is 6.20 Å². The van der Waals surface area contributed by atoms with Crippen LogP contribution in [-0.4, -0.2) is 41.1 Å². The Hall–Kier alpha value is -1.89. The third kappa shape index (κ3) is 3.81. The second kappa shape index (κ2) is 7.21. The van der Waals surface area contributed by atoms with Gasteiger partial charge in [0.25, 0.3) is 5.91 Å². The first-order valence-electron chi connectivity index (χ1n) is 7.45. The third-order valence-electron chi connectivity index (χ3n) is 3.64. The highest BCUT2D eigenvalue weighted by Crippen LogP contribution is 2.17. The Morgan fingerprint density at radius 3 is 3.05 bits per heavy atom. The minimum atomic E-state index is -0.223. The molecule has 2 atom stereocenters. The number of hydrogen-bond donors (Lipinski definition) is 3. The molecule has 21 heavy (non-hydrogen) atoms. The van der Waals surface area contributed by atoms with E-state index < -0.39 is 0 Å². The van der Waals surface area contributed by atoms with Crippen molar-refractivity contribution in [3.63, 3.8) is 0 Å². The van der Waals surface area contributed by atoms with Crippen molar-refractivity contribution in [2.75, 3.05) is 18.9 Å². The Bertz CT molecular complexity index is 488. The average Bonchev–Trinajstić information content (AvgIpc) is 2.99. The molecule has 116 valence electrons. The van der Waals surface area contributed by atoms with Crippen LogP contribution in [0, 0.1) is 0 Å². The van der Waals surface area contributed by atoms with Crippen LogP contribution in [0.4, 0.5) is 5.95 Å². The number of aromatic nitrogens is 2. The number of hydrogen-bond acceptors (Lipinski definition) is 6. The van der Waals surface area contributed by atoms with Gasteiger partial charge in [0, 0.05) is 18.3 Å². The van der Waals surface area contributed by atoms with Gasteiger partial charge in [0.1, 0.15) is 5.56 Å². The summed E-state index contributed by atoms with van der Waals surface area (Å²) in [4.78, 5) is 20.3. The Labute approximate surface area is 124 Å². The predicted molar refractivity (Wildman–Crippen MR) is 80.2 cm³/mol. The van der Waals surface area contributed by atoms with Gasteiger partial charge in [-0.1, -0.05) is 6.92 Å². The fraction of sp³-hybridized carbons (Fsp3) is 0.643. The molecule has 2 heterocycles. The maximum atomic E-state index is 12.4. The fourth-order valence-corrected chi connectivity index (χ4v) is 2.57. The van der Waals surface area contributed by atoms with Crippen LogP contribution in [0.2, 0.25) is 0 Å². The van der Waals surface area contributed by atoms with Gasteiger partial charge < -0.3 is 21.1 Å². The molecule has 2 unspecified atom stereocenters. The number of nitrogens with zero attached hydrogens (tertiary/aromatic N) is 2. The lowest BCUT2D eigenvalue weighted by atomic mass is 10.0. The van der Waals surface area contributed by atoms with Crippen LogP contribution in [0.25, 0.3) is 0 Å². The molecule has 1 fully saturated rings. The first-order chi connectivity index (χ1) is 10.2. The molecule has 0 saturated carbocycles. The molecule has 1 saturated heterocycles. The Morgan fingerprint density at radius 1 is 1.62 bits per heavy atom. The summed E-state index contributed by atoms with van der Waals surface area (Å²) in [5, 5.41) is 6.46. The van der Waals surface area contributed by atoms with Crippen molar-refractivity contribution >= 4 is 11.9 Å². The van der Waals surface area contributed by atoms with Crippen molar-refractivity contribution in [1.29, 1.82) is 0 Å². The zero-order valence-electron chi connectivity index (χ0n) is 12.6. The van der Waals surface area contributed by atoms with Crippen LogP contribution < -0.4 is 21.1 Å². The van der Waals surface area contributed by atoms with Gasteiger partial charge in [-0.15, -0.1) is 0 Å². The summed E-state index contributed by atoms with van der Waals surface area (Å²) in [6.45, 7) is 5.31. The summed E-state index contributed by atoms with van der Waals surface area (Å²) in [5.74, 6) is 0.107.